The lowest BCUT2D eigenvalue weighted by molar-refractivity contribution is -0.134. The number of hydrogen-bond donors (Lipinski definition) is 1. The van der Waals surface area contributed by atoms with Crippen molar-refractivity contribution >= 4 is 23.6 Å². The predicted molar refractivity (Wildman–Crippen MR) is 143 cm³/mol. The molecule has 0 radical (unpaired) electrons. The van der Waals surface area contributed by atoms with Crippen molar-refractivity contribution in [2.75, 3.05) is 39.7 Å². The van der Waals surface area contributed by atoms with Gasteiger partial charge in [-0.25, -0.2) is 0 Å². The van der Waals surface area contributed by atoms with Gasteiger partial charge in [0.1, 0.15) is 0 Å². The van der Waals surface area contributed by atoms with Crippen LogP contribution in [0.25, 0.3) is 6.08 Å². The summed E-state index contributed by atoms with van der Waals surface area (Å²) in [6.45, 7) is 1.69. The van der Waals surface area contributed by atoms with Crippen LogP contribution >= 0.6 is 0 Å². The molecule has 1 N–H and O–H groups in total. The topological polar surface area (TPSA) is 77.1 Å². The van der Waals surface area contributed by atoms with Crippen LogP contribution in [0.5, 0.6) is 17.2 Å². The molecular weight excluding hydrogens is 468 g/mol. The number of carbonyl (C=O) groups excluding carboxylic acids is 2. The highest BCUT2D eigenvalue weighted by atomic mass is 16.5. The molecule has 2 aliphatic carbocycles. The first kappa shape index (κ1) is 25.2. The Morgan fingerprint density at radius 3 is 2.22 bits per heavy atom. The van der Waals surface area contributed by atoms with Gasteiger partial charge in [-0.3, -0.25) is 9.59 Å². The third kappa shape index (κ3) is 5.60. The molecule has 0 bridgehead atoms. The second-order valence-corrected chi connectivity index (χ2v) is 10.3. The number of carbonyl (C=O) groups is 2. The minimum absolute atomic E-state index is 0.235. The van der Waals surface area contributed by atoms with Gasteiger partial charge in [-0.05, 0) is 85.8 Å². The highest BCUT2D eigenvalue weighted by Gasteiger charge is 2.52. The Hall–Kier alpha value is -3.48. The first-order chi connectivity index (χ1) is 18.0. The number of anilines is 1. The van der Waals surface area contributed by atoms with E-state index in [1.807, 2.05) is 18.2 Å². The van der Waals surface area contributed by atoms with Crippen LogP contribution in [-0.4, -0.2) is 51.1 Å². The minimum Gasteiger partial charge on any atom is -0.493 e. The van der Waals surface area contributed by atoms with Gasteiger partial charge in [0.15, 0.2) is 11.5 Å². The molecule has 2 aromatic rings. The fourth-order valence-electron chi connectivity index (χ4n) is 5.66. The quantitative estimate of drug-likeness (QED) is 0.480. The number of benzene rings is 2. The fourth-order valence-corrected chi connectivity index (χ4v) is 5.66. The Bertz CT molecular complexity index is 1160. The number of nitrogens with one attached hydrogen (secondary N) is 1. The zero-order valence-corrected chi connectivity index (χ0v) is 21.9. The van der Waals surface area contributed by atoms with Crippen LogP contribution in [0, 0.1) is 17.8 Å². The summed E-state index contributed by atoms with van der Waals surface area (Å²) in [4.78, 5) is 27.4. The zero-order chi connectivity index (χ0) is 25.9. The maximum atomic E-state index is 12.8. The first-order valence-electron chi connectivity index (χ1n) is 13.2. The molecule has 2 unspecified atom stereocenters. The molecule has 2 aromatic carbocycles. The molecular formula is C30H36N2O5. The summed E-state index contributed by atoms with van der Waals surface area (Å²) in [5, 5.41) is 2.92. The molecule has 2 atom stereocenters. The van der Waals surface area contributed by atoms with Gasteiger partial charge in [-0.1, -0.05) is 12.1 Å². The number of methoxy groups -OCH3 is 3. The molecule has 2 amide bonds. The van der Waals surface area contributed by atoms with E-state index in [9.17, 15) is 9.59 Å². The number of nitrogens with zero attached hydrogens (tertiary/aromatic N) is 1. The lowest BCUT2D eigenvalue weighted by Gasteiger charge is -2.32. The van der Waals surface area contributed by atoms with Crippen molar-refractivity contribution in [1.29, 1.82) is 0 Å². The normalized spacial score (nSPS) is 21.5. The second-order valence-electron chi connectivity index (χ2n) is 10.3. The van der Waals surface area contributed by atoms with Crippen LogP contribution in [0.4, 0.5) is 5.69 Å². The first-order valence-corrected chi connectivity index (χ1v) is 13.2. The van der Waals surface area contributed by atoms with Gasteiger partial charge in [0.05, 0.1) is 21.3 Å². The van der Waals surface area contributed by atoms with Crippen molar-refractivity contribution in [2.24, 2.45) is 17.8 Å². The van der Waals surface area contributed by atoms with Gasteiger partial charge in [0.2, 0.25) is 17.6 Å². The summed E-state index contributed by atoms with van der Waals surface area (Å²) >= 11 is 0. The number of hydrogen-bond acceptors (Lipinski definition) is 5. The standard InChI is InChI=1S/C30H36N2O5/c1-35-26-12-8-22(28(36-2)29(26)37-3)9-13-27(33)31-23-10-6-19(7-11-23)20-14-16-32(17-15-20)30(34)25-18-24(25)21-4-5-21/h6-13,20-21,24-25H,4-5,14-18H2,1-3H3,(H,31,33)/b13-9+. The lowest BCUT2D eigenvalue weighted by Crippen LogP contribution is -2.39. The van der Waals surface area contributed by atoms with Gasteiger partial charge in [-0.2, -0.15) is 0 Å². The molecule has 1 heterocycles. The smallest absolute Gasteiger partial charge is 0.248 e. The average Bonchev–Trinajstić information content (AvgIpc) is 3.85. The second kappa shape index (κ2) is 10.9. The number of ether oxygens (including phenoxy) is 3. The maximum absolute atomic E-state index is 12.8. The maximum Gasteiger partial charge on any atom is 0.248 e. The van der Waals surface area contributed by atoms with Gasteiger partial charge >= 0.3 is 0 Å². The molecule has 3 aliphatic rings. The van der Waals surface area contributed by atoms with Crippen molar-refractivity contribution in [1.82, 2.24) is 4.90 Å². The largest absolute Gasteiger partial charge is 0.493 e. The molecule has 0 aromatic heterocycles. The van der Waals surface area contributed by atoms with Crippen molar-refractivity contribution in [3.05, 3.63) is 53.6 Å². The molecule has 5 rings (SSSR count). The summed E-state index contributed by atoms with van der Waals surface area (Å²) in [7, 11) is 4.66. The van der Waals surface area contributed by atoms with E-state index in [-0.39, 0.29) is 5.91 Å². The van der Waals surface area contributed by atoms with Crippen LogP contribution < -0.4 is 19.5 Å². The summed E-state index contributed by atoms with van der Waals surface area (Å²) in [6.07, 6.45) is 8.92. The average molecular weight is 505 g/mol. The van der Waals surface area contributed by atoms with E-state index in [1.165, 1.54) is 24.5 Å². The van der Waals surface area contributed by atoms with Crippen molar-refractivity contribution in [3.63, 3.8) is 0 Å². The minimum atomic E-state index is -0.235. The third-order valence-electron chi connectivity index (χ3n) is 7.99. The molecule has 7 nitrogen and oxygen atoms in total. The summed E-state index contributed by atoms with van der Waals surface area (Å²) < 4.78 is 16.2. The highest BCUT2D eigenvalue weighted by molar-refractivity contribution is 6.02. The van der Waals surface area contributed by atoms with E-state index in [2.05, 4.69) is 22.3 Å². The van der Waals surface area contributed by atoms with E-state index in [1.54, 1.807) is 33.5 Å². The summed E-state index contributed by atoms with van der Waals surface area (Å²) in [6, 6.07) is 11.6. The van der Waals surface area contributed by atoms with Gasteiger partial charge in [0, 0.05) is 36.3 Å². The number of piperidine rings is 1. The van der Waals surface area contributed by atoms with Gasteiger partial charge in [-0.15, -0.1) is 0 Å². The Kier molecular flexibility index (Phi) is 7.40. The molecule has 37 heavy (non-hydrogen) atoms. The van der Waals surface area contributed by atoms with E-state index in [4.69, 9.17) is 14.2 Å². The van der Waals surface area contributed by atoms with Crippen molar-refractivity contribution < 1.29 is 23.8 Å². The van der Waals surface area contributed by atoms with E-state index >= 15 is 0 Å². The third-order valence-corrected chi connectivity index (χ3v) is 7.99. The van der Waals surface area contributed by atoms with Crippen LogP contribution in [0.1, 0.15) is 49.1 Å². The van der Waals surface area contributed by atoms with Crippen molar-refractivity contribution in [2.45, 2.75) is 38.0 Å². The Balaban J connectivity index is 1.13. The number of likely N-dealkylation sites (tertiary alicyclic amines) is 1. The van der Waals surface area contributed by atoms with E-state index < -0.39 is 0 Å². The SMILES string of the molecule is COc1ccc(/C=C/C(=O)Nc2ccc(C3CCN(C(=O)C4CC4C4CC4)CC3)cc2)c(OC)c1OC. The molecule has 7 heteroatoms. The molecule has 0 spiro atoms. The number of amides is 2. The summed E-state index contributed by atoms with van der Waals surface area (Å²) in [5.41, 5.74) is 2.71. The van der Waals surface area contributed by atoms with E-state index in [0.29, 0.717) is 46.5 Å². The Labute approximate surface area is 218 Å². The van der Waals surface area contributed by atoms with Crippen LogP contribution in [-0.2, 0) is 9.59 Å². The lowest BCUT2D eigenvalue weighted by atomic mass is 9.89. The van der Waals surface area contributed by atoms with Gasteiger partial charge in [0.25, 0.3) is 0 Å². The fraction of sp³-hybridized carbons (Fsp3) is 0.467. The van der Waals surface area contributed by atoms with Crippen molar-refractivity contribution in [3.8, 4) is 17.2 Å². The monoisotopic (exact) mass is 504 g/mol. The zero-order valence-electron chi connectivity index (χ0n) is 21.9. The highest BCUT2D eigenvalue weighted by Crippen LogP contribution is 2.55. The van der Waals surface area contributed by atoms with E-state index in [0.717, 1.165) is 44.0 Å². The summed E-state index contributed by atoms with van der Waals surface area (Å²) in [5.74, 6) is 3.99. The number of rotatable bonds is 9. The van der Waals surface area contributed by atoms with Crippen LogP contribution in [0.15, 0.2) is 42.5 Å². The molecule has 1 aliphatic heterocycles. The molecule has 2 saturated carbocycles. The molecule has 196 valence electrons. The van der Waals surface area contributed by atoms with Crippen LogP contribution in [0.3, 0.4) is 0 Å². The van der Waals surface area contributed by atoms with Gasteiger partial charge < -0.3 is 24.4 Å². The molecule has 3 fully saturated rings. The van der Waals surface area contributed by atoms with Crippen LogP contribution in [0.2, 0.25) is 0 Å². The molecule has 1 saturated heterocycles. The Morgan fingerprint density at radius 1 is 0.892 bits per heavy atom. The Morgan fingerprint density at radius 2 is 1.59 bits per heavy atom. The predicted octanol–water partition coefficient (Wildman–Crippen LogP) is 5.12.